The number of rotatable bonds is 4. The number of halogens is 2. The Morgan fingerprint density at radius 1 is 1.31 bits per heavy atom. The van der Waals surface area contributed by atoms with Crippen LogP contribution >= 0.6 is 27.3 Å². The number of benzene rings is 1. The molecule has 0 radical (unpaired) electrons. The van der Waals surface area contributed by atoms with E-state index in [0.29, 0.717) is 16.8 Å². The van der Waals surface area contributed by atoms with E-state index in [4.69, 9.17) is 4.74 Å². The zero-order valence-electron chi connectivity index (χ0n) is 8.45. The van der Waals surface area contributed by atoms with Gasteiger partial charge in [-0.25, -0.2) is 4.39 Å². The summed E-state index contributed by atoms with van der Waals surface area (Å²) in [5, 5.41) is 4.13. The van der Waals surface area contributed by atoms with Crippen LogP contribution in [0.15, 0.2) is 39.5 Å². The molecule has 16 heavy (non-hydrogen) atoms. The van der Waals surface area contributed by atoms with Crippen molar-refractivity contribution in [3.05, 3.63) is 50.9 Å². The van der Waals surface area contributed by atoms with Crippen LogP contribution in [0.4, 0.5) is 4.39 Å². The van der Waals surface area contributed by atoms with Crippen molar-refractivity contribution >= 4 is 27.3 Å². The molecule has 0 unspecified atom stereocenters. The van der Waals surface area contributed by atoms with Crippen LogP contribution < -0.4 is 4.74 Å². The Bertz CT molecular complexity index is 456. The highest BCUT2D eigenvalue weighted by atomic mass is 79.9. The van der Waals surface area contributed by atoms with Gasteiger partial charge in [-0.3, -0.25) is 0 Å². The lowest BCUT2D eigenvalue weighted by Crippen LogP contribution is -2.00. The molecule has 0 aliphatic heterocycles. The molecule has 0 bridgehead atoms. The maximum Gasteiger partial charge on any atom is 0.141 e. The van der Waals surface area contributed by atoms with E-state index in [-0.39, 0.29) is 5.82 Å². The molecule has 0 N–H and O–H groups in total. The van der Waals surface area contributed by atoms with Crippen molar-refractivity contribution in [2.45, 2.75) is 6.42 Å². The van der Waals surface area contributed by atoms with Gasteiger partial charge in [0.05, 0.1) is 11.1 Å². The third-order valence-electron chi connectivity index (χ3n) is 2.13. The van der Waals surface area contributed by atoms with Crippen LogP contribution in [0.25, 0.3) is 0 Å². The van der Waals surface area contributed by atoms with Crippen LogP contribution in [0.2, 0.25) is 0 Å². The normalized spacial score (nSPS) is 10.4. The Morgan fingerprint density at radius 3 is 2.88 bits per heavy atom. The fraction of sp³-hybridized carbons (Fsp3) is 0.167. The van der Waals surface area contributed by atoms with Crippen LogP contribution in [-0.2, 0) is 6.42 Å². The predicted molar refractivity (Wildman–Crippen MR) is 67.6 cm³/mol. The Labute approximate surface area is 106 Å². The van der Waals surface area contributed by atoms with Crippen LogP contribution in [0.3, 0.4) is 0 Å². The SMILES string of the molecule is Fc1cc(OCCc2ccsc2)ccc1Br. The molecule has 0 fully saturated rings. The van der Waals surface area contributed by atoms with E-state index >= 15 is 0 Å². The van der Waals surface area contributed by atoms with E-state index in [2.05, 4.69) is 27.4 Å². The van der Waals surface area contributed by atoms with Crippen molar-refractivity contribution in [1.29, 1.82) is 0 Å². The van der Waals surface area contributed by atoms with E-state index in [1.165, 1.54) is 11.6 Å². The lowest BCUT2D eigenvalue weighted by atomic mass is 10.2. The van der Waals surface area contributed by atoms with Crippen LogP contribution in [0.5, 0.6) is 5.75 Å². The number of hydrogen-bond acceptors (Lipinski definition) is 2. The highest BCUT2D eigenvalue weighted by Gasteiger charge is 2.01. The first-order valence-electron chi connectivity index (χ1n) is 4.84. The maximum absolute atomic E-state index is 13.2. The first kappa shape index (κ1) is 11.6. The second-order valence-corrected chi connectivity index (χ2v) is 4.94. The molecule has 0 atom stereocenters. The monoisotopic (exact) mass is 300 g/mol. The molecular weight excluding hydrogens is 291 g/mol. The summed E-state index contributed by atoms with van der Waals surface area (Å²) in [7, 11) is 0. The zero-order chi connectivity index (χ0) is 11.4. The highest BCUT2D eigenvalue weighted by Crippen LogP contribution is 2.21. The molecule has 0 saturated heterocycles. The Morgan fingerprint density at radius 2 is 2.19 bits per heavy atom. The second kappa shape index (κ2) is 5.46. The summed E-state index contributed by atoms with van der Waals surface area (Å²) in [6.07, 6.45) is 0.848. The lowest BCUT2D eigenvalue weighted by Gasteiger charge is -2.05. The van der Waals surface area contributed by atoms with Gasteiger partial charge in [-0.2, -0.15) is 11.3 Å². The molecule has 0 spiro atoms. The molecule has 1 nitrogen and oxygen atoms in total. The van der Waals surface area contributed by atoms with Gasteiger partial charge in [-0.15, -0.1) is 0 Å². The summed E-state index contributed by atoms with van der Waals surface area (Å²) in [4.78, 5) is 0. The molecule has 2 aromatic rings. The summed E-state index contributed by atoms with van der Waals surface area (Å²) in [6.45, 7) is 0.567. The number of thiophene rings is 1. The minimum atomic E-state index is -0.298. The van der Waals surface area contributed by atoms with Gasteiger partial charge >= 0.3 is 0 Å². The Balaban J connectivity index is 1.87. The molecule has 1 aromatic heterocycles. The summed E-state index contributed by atoms with van der Waals surface area (Å²) in [5.41, 5.74) is 1.25. The standard InChI is InChI=1S/C12H10BrFOS/c13-11-2-1-10(7-12(11)14)15-5-3-9-4-6-16-8-9/h1-2,4,6-8H,3,5H2. The lowest BCUT2D eigenvalue weighted by molar-refractivity contribution is 0.320. The molecule has 1 heterocycles. The molecule has 2 rings (SSSR count). The fourth-order valence-corrected chi connectivity index (χ4v) is 2.24. The first-order valence-corrected chi connectivity index (χ1v) is 6.58. The average molecular weight is 301 g/mol. The van der Waals surface area contributed by atoms with Gasteiger partial charge < -0.3 is 4.74 Å². The minimum Gasteiger partial charge on any atom is -0.493 e. The van der Waals surface area contributed by atoms with E-state index < -0.39 is 0 Å². The first-order chi connectivity index (χ1) is 7.75. The topological polar surface area (TPSA) is 9.23 Å². The molecule has 1 aromatic carbocycles. The molecular formula is C12H10BrFOS. The van der Waals surface area contributed by atoms with Gasteiger partial charge in [0, 0.05) is 12.5 Å². The van der Waals surface area contributed by atoms with Gasteiger partial charge in [-0.1, -0.05) is 0 Å². The van der Waals surface area contributed by atoms with Crippen molar-refractivity contribution in [3.63, 3.8) is 0 Å². The van der Waals surface area contributed by atoms with Gasteiger partial charge in [0.2, 0.25) is 0 Å². The van der Waals surface area contributed by atoms with Crippen molar-refractivity contribution in [2.75, 3.05) is 6.61 Å². The Kier molecular flexibility index (Phi) is 3.96. The van der Waals surface area contributed by atoms with E-state index in [1.54, 1.807) is 23.5 Å². The summed E-state index contributed by atoms with van der Waals surface area (Å²) < 4.78 is 19.1. The predicted octanol–water partition coefficient (Wildman–Crippen LogP) is 4.27. The average Bonchev–Trinajstić information content (AvgIpc) is 2.76. The van der Waals surface area contributed by atoms with Crippen molar-refractivity contribution in [1.82, 2.24) is 0 Å². The van der Waals surface area contributed by atoms with Crippen LogP contribution in [-0.4, -0.2) is 6.61 Å². The maximum atomic E-state index is 13.2. The number of ether oxygens (including phenoxy) is 1. The highest BCUT2D eigenvalue weighted by molar-refractivity contribution is 9.10. The van der Waals surface area contributed by atoms with Gasteiger partial charge in [-0.05, 0) is 50.5 Å². The molecule has 84 valence electrons. The van der Waals surface area contributed by atoms with Crippen LogP contribution in [0.1, 0.15) is 5.56 Å². The van der Waals surface area contributed by atoms with Gasteiger partial charge in [0.25, 0.3) is 0 Å². The zero-order valence-corrected chi connectivity index (χ0v) is 10.9. The third-order valence-corrected chi connectivity index (χ3v) is 3.51. The molecule has 0 aliphatic carbocycles. The molecule has 0 amide bonds. The number of hydrogen-bond donors (Lipinski definition) is 0. The van der Waals surface area contributed by atoms with Crippen LogP contribution in [0, 0.1) is 5.82 Å². The second-order valence-electron chi connectivity index (χ2n) is 3.31. The molecule has 4 heteroatoms. The molecule has 0 saturated carbocycles. The largest absolute Gasteiger partial charge is 0.493 e. The summed E-state index contributed by atoms with van der Waals surface area (Å²) in [5.74, 6) is 0.268. The van der Waals surface area contributed by atoms with Crippen molar-refractivity contribution in [3.8, 4) is 5.75 Å². The third kappa shape index (κ3) is 3.06. The fourth-order valence-electron chi connectivity index (χ4n) is 1.29. The van der Waals surface area contributed by atoms with Gasteiger partial charge in [0.1, 0.15) is 11.6 Å². The summed E-state index contributed by atoms with van der Waals surface area (Å²) in [6, 6.07) is 6.85. The van der Waals surface area contributed by atoms with Gasteiger partial charge in [0.15, 0.2) is 0 Å². The summed E-state index contributed by atoms with van der Waals surface area (Å²) >= 11 is 4.77. The quantitative estimate of drug-likeness (QED) is 0.819. The minimum absolute atomic E-state index is 0.298. The molecule has 0 aliphatic rings. The van der Waals surface area contributed by atoms with E-state index in [9.17, 15) is 4.39 Å². The van der Waals surface area contributed by atoms with Crippen molar-refractivity contribution < 1.29 is 9.13 Å². The van der Waals surface area contributed by atoms with Crippen molar-refractivity contribution in [2.24, 2.45) is 0 Å². The smallest absolute Gasteiger partial charge is 0.141 e. The van der Waals surface area contributed by atoms with E-state index in [0.717, 1.165) is 6.42 Å². The Hall–Kier alpha value is -0.870. The van der Waals surface area contributed by atoms with E-state index in [1.807, 2.05) is 5.38 Å².